The van der Waals surface area contributed by atoms with Gasteiger partial charge in [0.15, 0.2) is 0 Å². The van der Waals surface area contributed by atoms with Gasteiger partial charge in [-0.2, -0.15) is 0 Å². The molecule has 0 aliphatic carbocycles. The van der Waals surface area contributed by atoms with Crippen molar-refractivity contribution in [3.05, 3.63) is 58.6 Å². The Kier molecular flexibility index (Phi) is 11.5. The second-order valence-corrected chi connectivity index (χ2v) is 7.64. The number of β-amino-alcohol motifs (C(OH)–C–C–N with tert-alkyl or cyclic N) is 1. The lowest BCUT2D eigenvalue weighted by molar-refractivity contribution is 0.0599. The molecule has 31 heavy (non-hydrogen) atoms. The van der Waals surface area contributed by atoms with Gasteiger partial charge in [0.05, 0.1) is 12.7 Å². The van der Waals surface area contributed by atoms with Gasteiger partial charge >= 0.3 is 5.97 Å². The van der Waals surface area contributed by atoms with Crippen LogP contribution in [0.1, 0.15) is 15.9 Å². The fraction of sp³-hybridized carbons (Fsp3) is 0.409. The summed E-state index contributed by atoms with van der Waals surface area (Å²) in [6, 6.07) is 12.7. The first kappa shape index (κ1) is 27.3. The molecule has 1 heterocycles. The van der Waals surface area contributed by atoms with Gasteiger partial charge in [-0.05, 0) is 48.9 Å². The summed E-state index contributed by atoms with van der Waals surface area (Å²) >= 11 is 6.14. The zero-order chi connectivity index (χ0) is 20.8. The van der Waals surface area contributed by atoms with Gasteiger partial charge in [-0.1, -0.05) is 17.7 Å². The van der Waals surface area contributed by atoms with Crippen molar-refractivity contribution in [2.75, 3.05) is 51.3 Å². The maximum Gasteiger partial charge on any atom is 0.337 e. The summed E-state index contributed by atoms with van der Waals surface area (Å²) < 4.78 is 10.3. The standard InChI is InChI=1S/C22H27ClN2O4.2ClH/c1-16-3-6-18(23)13-21(16)25-11-9-24(10-12-25)14-19(26)15-29-20-7-4-17(5-8-20)22(27)28-2;;/h3-8,13,19,26H,9-12,14-15H2,1-2H3;2*1H. The van der Waals surface area contributed by atoms with Crippen molar-refractivity contribution in [1.29, 1.82) is 0 Å². The van der Waals surface area contributed by atoms with Crippen molar-refractivity contribution in [2.45, 2.75) is 13.0 Å². The van der Waals surface area contributed by atoms with Crippen molar-refractivity contribution in [3.8, 4) is 5.75 Å². The topological polar surface area (TPSA) is 62.2 Å². The first-order valence-corrected chi connectivity index (χ1v) is 10.1. The van der Waals surface area contributed by atoms with Crippen molar-refractivity contribution in [1.82, 2.24) is 4.90 Å². The van der Waals surface area contributed by atoms with Gasteiger partial charge in [0, 0.05) is 43.4 Å². The molecule has 1 aliphatic heterocycles. The summed E-state index contributed by atoms with van der Waals surface area (Å²) in [6.07, 6.45) is -0.588. The number of ether oxygens (including phenoxy) is 2. The van der Waals surface area contributed by atoms with Crippen LogP contribution in [0.2, 0.25) is 5.02 Å². The fourth-order valence-electron chi connectivity index (χ4n) is 3.44. The predicted octanol–water partition coefficient (Wildman–Crippen LogP) is 3.84. The number of carbonyl (C=O) groups is 1. The number of hydrogen-bond donors (Lipinski definition) is 1. The van der Waals surface area contributed by atoms with E-state index in [1.54, 1.807) is 24.3 Å². The zero-order valence-electron chi connectivity index (χ0n) is 17.6. The highest BCUT2D eigenvalue weighted by Crippen LogP contribution is 2.25. The smallest absolute Gasteiger partial charge is 0.337 e. The molecule has 0 bridgehead atoms. The molecule has 1 fully saturated rings. The number of aryl methyl sites for hydroxylation is 1. The number of aliphatic hydroxyl groups is 1. The Morgan fingerprint density at radius 1 is 1.10 bits per heavy atom. The predicted molar refractivity (Wildman–Crippen MR) is 129 cm³/mol. The average Bonchev–Trinajstić information content (AvgIpc) is 2.74. The Labute approximate surface area is 200 Å². The van der Waals surface area contributed by atoms with Crippen LogP contribution in [0.3, 0.4) is 0 Å². The van der Waals surface area contributed by atoms with E-state index in [-0.39, 0.29) is 37.4 Å². The monoisotopic (exact) mass is 490 g/mol. The molecule has 6 nitrogen and oxygen atoms in total. The molecule has 0 amide bonds. The van der Waals surface area contributed by atoms with E-state index < -0.39 is 6.10 Å². The van der Waals surface area contributed by atoms with E-state index in [9.17, 15) is 9.90 Å². The molecular weight excluding hydrogens is 463 g/mol. The maximum absolute atomic E-state index is 11.4. The normalized spacial score (nSPS) is 14.8. The van der Waals surface area contributed by atoms with E-state index >= 15 is 0 Å². The maximum atomic E-state index is 11.4. The van der Waals surface area contributed by atoms with Crippen LogP contribution in [-0.2, 0) is 4.74 Å². The molecule has 0 spiro atoms. The fourth-order valence-corrected chi connectivity index (χ4v) is 3.61. The Morgan fingerprint density at radius 3 is 2.35 bits per heavy atom. The van der Waals surface area contributed by atoms with Crippen LogP contribution in [0, 0.1) is 6.92 Å². The summed E-state index contributed by atoms with van der Waals surface area (Å²) in [5, 5.41) is 11.1. The van der Waals surface area contributed by atoms with Gasteiger partial charge in [-0.15, -0.1) is 24.8 Å². The number of carbonyl (C=O) groups excluding carboxylic acids is 1. The van der Waals surface area contributed by atoms with Crippen LogP contribution in [0.15, 0.2) is 42.5 Å². The molecule has 0 radical (unpaired) electrons. The minimum Gasteiger partial charge on any atom is -0.491 e. The largest absolute Gasteiger partial charge is 0.491 e. The van der Waals surface area contributed by atoms with Crippen molar-refractivity contribution >= 4 is 48.1 Å². The minimum absolute atomic E-state index is 0. The third-order valence-electron chi connectivity index (χ3n) is 5.07. The molecule has 1 N–H and O–H groups in total. The number of rotatable bonds is 7. The van der Waals surface area contributed by atoms with E-state index in [1.807, 2.05) is 18.2 Å². The van der Waals surface area contributed by atoms with Crippen molar-refractivity contribution in [3.63, 3.8) is 0 Å². The number of hydrogen-bond acceptors (Lipinski definition) is 6. The second-order valence-electron chi connectivity index (χ2n) is 7.20. The third kappa shape index (κ3) is 7.74. The van der Waals surface area contributed by atoms with Crippen LogP contribution >= 0.6 is 36.4 Å². The molecule has 2 aromatic carbocycles. The van der Waals surface area contributed by atoms with Gasteiger partial charge in [0.1, 0.15) is 18.5 Å². The zero-order valence-corrected chi connectivity index (χ0v) is 20.0. The molecule has 1 aliphatic rings. The highest BCUT2D eigenvalue weighted by atomic mass is 35.5. The molecule has 1 atom stereocenters. The lowest BCUT2D eigenvalue weighted by atomic mass is 10.1. The molecule has 2 aromatic rings. The summed E-state index contributed by atoms with van der Waals surface area (Å²) in [5.41, 5.74) is 2.86. The van der Waals surface area contributed by atoms with Crippen LogP contribution in [0.4, 0.5) is 5.69 Å². The van der Waals surface area contributed by atoms with E-state index in [4.69, 9.17) is 16.3 Å². The van der Waals surface area contributed by atoms with E-state index in [2.05, 4.69) is 21.5 Å². The Hall–Kier alpha value is -1.70. The number of methoxy groups -OCH3 is 1. The van der Waals surface area contributed by atoms with Crippen molar-refractivity contribution < 1.29 is 19.4 Å². The van der Waals surface area contributed by atoms with Crippen molar-refractivity contribution in [2.24, 2.45) is 0 Å². The molecule has 0 aromatic heterocycles. The second kappa shape index (κ2) is 13.0. The lowest BCUT2D eigenvalue weighted by Gasteiger charge is -2.37. The van der Waals surface area contributed by atoms with Gasteiger partial charge in [-0.3, -0.25) is 4.90 Å². The van der Waals surface area contributed by atoms with Gasteiger partial charge < -0.3 is 19.5 Å². The summed E-state index contributed by atoms with van der Waals surface area (Å²) in [6.45, 7) is 6.38. The molecule has 0 saturated carbocycles. The quantitative estimate of drug-likeness (QED) is 0.594. The minimum atomic E-state index is -0.588. The van der Waals surface area contributed by atoms with E-state index in [0.717, 1.165) is 31.2 Å². The number of anilines is 1. The summed E-state index contributed by atoms with van der Waals surface area (Å²) in [4.78, 5) is 16.0. The molecular formula is C22H29Cl3N2O4. The number of aliphatic hydroxyl groups excluding tert-OH is 1. The van der Waals surface area contributed by atoms with Crippen LogP contribution in [-0.4, -0.2) is 68.5 Å². The Morgan fingerprint density at radius 2 is 1.74 bits per heavy atom. The molecule has 9 heteroatoms. The summed E-state index contributed by atoms with van der Waals surface area (Å²) in [7, 11) is 1.35. The van der Waals surface area contributed by atoms with Crippen LogP contribution in [0.25, 0.3) is 0 Å². The number of benzene rings is 2. The highest BCUT2D eigenvalue weighted by molar-refractivity contribution is 6.30. The molecule has 1 unspecified atom stereocenters. The SMILES string of the molecule is COC(=O)c1ccc(OCC(O)CN2CCN(c3cc(Cl)ccc3C)CC2)cc1.Cl.Cl. The van der Waals surface area contributed by atoms with Crippen LogP contribution < -0.4 is 9.64 Å². The molecule has 1 saturated heterocycles. The third-order valence-corrected chi connectivity index (χ3v) is 5.31. The van der Waals surface area contributed by atoms with Crippen LogP contribution in [0.5, 0.6) is 5.75 Å². The summed E-state index contributed by atoms with van der Waals surface area (Å²) in [5.74, 6) is 0.224. The number of nitrogens with zero attached hydrogens (tertiary/aromatic N) is 2. The highest BCUT2D eigenvalue weighted by Gasteiger charge is 2.21. The average molecular weight is 492 g/mol. The van der Waals surface area contributed by atoms with Gasteiger partial charge in [0.2, 0.25) is 0 Å². The molecule has 172 valence electrons. The molecule has 3 rings (SSSR count). The lowest BCUT2D eigenvalue weighted by Crippen LogP contribution is -2.49. The number of halogens is 3. The van der Waals surface area contributed by atoms with Gasteiger partial charge in [0.25, 0.3) is 0 Å². The first-order valence-electron chi connectivity index (χ1n) is 9.69. The Balaban J connectivity index is 0.00000240. The van der Waals surface area contributed by atoms with Gasteiger partial charge in [-0.25, -0.2) is 4.79 Å². The van der Waals surface area contributed by atoms with E-state index in [1.165, 1.54) is 18.4 Å². The first-order chi connectivity index (χ1) is 14.0. The number of piperazine rings is 1. The van der Waals surface area contributed by atoms with E-state index in [0.29, 0.717) is 17.9 Å². The Bertz CT molecular complexity index is 828. The number of esters is 1.